The second-order valence-corrected chi connectivity index (χ2v) is 9.98. The number of anilines is 1. The third-order valence-electron chi connectivity index (χ3n) is 7.35. The molecule has 2 heterocycles. The normalized spacial score (nSPS) is 16.3. The molecule has 0 unspecified atom stereocenters. The molecule has 0 saturated heterocycles. The molecular weight excluding hydrogens is 495 g/mol. The fraction of sp³-hybridized carbons (Fsp3) is 0.156. The van der Waals surface area contributed by atoms with Crippen LogP contribution in [0, 0.1) is 11.7 Å². The highest BCUT2D eigenvalue weighted by Gasteiger charge is 2.43. The van der Waals surface area contributed by atoms with Crippen molar-refractivity contribution in [1.82, 2.24) is 4.98 Å². The zero-order chi connectivity index (χ0) is 27.1. The predicted molar refractivity (Wildman–Crippen MR) is 147 cm³/mol. The number of fused-ring (bicyclic) bond motifs is 1. The van der Waals surface area contributed by atoms with Crippen molar-refractivity contribution >= 4 is 28.5 Å². The highest BCUT2D eigenvalue weighted by Crippen LogP contribution is 2.48. The molecule has 6 nitrogen and oxygen atoms in total. The number of hydrogen-bond acceptors (Lipinski definition) is 5. The molecule has 0 bridgehead atoms. The summed E-state index contributed by atoms with van der Waals surface area (Å²) in [5.74, 6) is 0.244. The number of carboxylic acids is 1. The minimum absolute atomic E-state index is 0.00467. The van der Waals surface area contributed by atoms with Crippen LogP contribution in [0.25, 0.3) is 33.2 Å². The maximum Gasteiger partial charge on any atom is 0.335 e. The highest BCUT2D eigenvalue weighted by molar-refractivity contribution is 5.97. The van der Waals surface area contributed by atoms with Gasteiger partial charge in [-0.05, 0) is 83.1 Å². The van der Waals surface area contributed by atoms with E-state index in [0.717, 1.165) is 39.6 Å². The van der Waals surface area contributed by atoms with Crippen molar-refractivity contribution in [2.75, 3.05) is 5.73 Å². The molecule has 1 fully saturated rings. The van der Waals surface area contributed by atoms with Crippen LogP contribution in [0.3, 0.4) is 0 Å². The van der Waals surface area contributed by atoms with Crippen LogP contribution in [0.4, 0.5) is 10.2 Å². The molecule has 7 heteroatoms. The quantitative estimate of drug-likeness (QED) is 0.231. The van der Waals surface area contributed by atoms with Gasteiger partial charge in [0.15, 0.2) is 0 Å². The smallest absolute Gasteiger partial charge is 0.335 e. The van der Waals surface area contributed by atoms with Crippen molar-refractivity contribution in [2.24, 2.45) is 5.92 Å². The van der Waals surface area contributed by atoms with Gasteiger partial charge in [0.05, 0.1) is 5.56 Å². The van der Waals surface area contributed by atoms with Gasteiger partial charge in [0.1, 0.15) is 28.8 Å². The average Bonchev–Trinajstić information content (AvgIpc) is 3.64. The van der Waals surface area contributed by atoms with Gasteiger partial charge in [-0.25, -0.2) is 14.2 Å². The van der Waals surface area contributed by atoms with Gasteiger partial charge in [0.2, 0.25) is 0 Å². The van der Waals surface area contributed by atoms with E-state index in [9.17, 15) is 19.1 Å². The van der Waals surface area contributed by atoms with Gasteiger partial charge in [-0.15, -0.1) is 0 Å². The van der Waals surface area contributed by atoms with Gasteiger partial charge in [-0.1, -0.05) is 30.3 Å². The number of nitrogens with two attached hydrogens (primary N) is 1. The van der Waals surface area contributed by atoms with E-state index in [0.29, 0.717) is 30.0 Å². The van der Waals surface area contributed by atoms with E-state index >= 15 is 0 Å². The van der Waals surface area contributed by atoms with E-state index < -0.39 is 5.97 Å². The van der Waals surface area contributed by atoms with E-state index in [1.54, 1.807) is 48.7 Å². The summed E-state index contributed by atoms with van der Waals surface area (Å²) in [6.45, 7) is 0. The first-order chi connectivity index (χ1) is 18.9. The lowest BCUT2D eigenvalue weighted by atomic mass is 9.96. The number of aromatic nitrogens is 1. The van der Waals surface area contributed by atoms with Crippen LogP contribution in [0.1, 0.15) is 40.4 Å². The number of pyridine rings is 1. The lowest BCUT2D eigenvalue weighted by molar-refractivity contribution is -0.120. The number of nitrogen functional groups attached to an aromatic ring is 1. The maximum atomic E-state index is 13.7. The number of aromatic carboxylic acids is 1. The SMILES string of the molecule is Nc1ccc([C@H]2C[C@@H]2C(=O)CCc2cc3cc(-c4ccc(C(=O)O)cc4)cc(-c4ccc(F)cc4)c3o2)cn1. The number of furan rings is 1. The largest absolute Gasteiger partial charge is 0.478 e. The number of carbonyl (C=O) groups excluding carboxylic acids is 1. The Labute approximate surface area is 223 Å². The van der Waals surface area contributed by atoms with Crippen LogP contribution in [-0.2, 0) is 11.2 Å². The van der Waals surface area contributed by atoms with Crippen molar-refractivity contribution < 1.29 is 23.5 Å². The Morgan fingerprint density at radius 3 is 2.38 bits per heavy atom. The van der Waals surface area contributed by atoms with Gasteiger partial charge in [0.25, 0.3) is 0 Å². The number of nitrogens with zero attached hydrogens (tertiary/aromatic N) is 1. The van der Waals surface area contributed by atoms with E-state index in [1.165, 1.54) is 12.1 Å². The summed E-state index contributed by atoms with van der Waals surface area (Å²) in [5, 5.41) is 10.1. The minimum Gasteiger partial charge on any atom is -0.478 e. The highest BCUT2D eigenvalue weighted by atomic mass is 19.1. The van der Waals surface area contributed by atoms with Crippen LogP contribution in [0.5, 0.6) is 0 Å². The standard InChI is InChI=1S/C32H25FN2O4/c33-24-8-5-19(6-9-24)27-15-22(18-1-3-20(4-2-18)32(37)38)13-23-14-25(39-31(23)27)10-11-29(36)28-16-26(28)21-7-12-30(34)35-17-21/h1-9,12-15,17,26,28H,10-11,16H2,(H2,34,35)(H,37,38)/t26-,28+/m1/s1. The summed E-state index contributed by atoms with van der Waals surface area (Å²) in [5.41, 5.74) is 10.9. The molecule has 194 valence electrons. The molecule has 1 aliphatic rings. The minimum atomic E-state index is -0.985. The number of aryl methyl sites for hydroxylation is 1. The molecule has 3 N–H and O–H groups in total. The number of ketones is 1. The zero-order valence-electron chi connectivity index (χ0n) is 20.9. The molecule has 0 radical (unpaired) electrons. The summed E-state index contributed by atoms with van der Waals surface area (Å²) in [6, 6.07) is 22.5. The molecular formula is C32H25FN2O4. The van der Waals surface area contributed by atoms with E-state index in [1.807, 2.05) is 24.3 Å². The van der Waals surface area contributed by atoms with E-state index in [-0.39, 0.29) is 29.0 Å². The van der Waals surface area contributed by atoms with E-state index in [2.05, 4.69) is 4.98 Å². The molecule has 3 aromatic carbocycles. The summed E-state index contributed by atoms with van der Waals surface area (Å²) in [4.78, 5) is 28.3. The van der Waals surface area contributed by atoms with Crippen molar-refractivity contribution in [3.05, 3.63) is 108 Å². The Bertz CT molecular complexity index is 1690. The molecule has 2 aromatic heterocycles. The molecule has 0 spiro atoms. The average molecular weight is 521 g/mol. The van der Waals surface area contributed by atoms with Crippen molar-refractivity contribution in [3.63, 3.8) is 0 Å². The second-order valence-electron chi connectivity index (χ2n) is 9.98. The fourth-order valence-electron chi connectivity index (χ4n) is 5.13. The monoisotopic (exact) mass is 520 g/mol. The topological polar surface area (TPSA) is 106 Å². The van der Waals surface area contributed by atoms with Gasteiger partial charge >= 0.3 is 5.97 Å². The van der Waals surface area contributed by atoms with Gasteiger partial charge in [-0.2, -0.15) is 0 Å². The third kappa shape index (κ3) is 5.03. The Balaban J connectivity index is 1.27. The number of halogens is 1. The van der Waals surface area contributed by atoms with Crippen LogP contribution >= 0.6 is 0 Å². The lowest BCUT2D eigenvalue weighted by Crippen LogP contribution is -2.04. The predicted octanol–water partition coefficient (Wildman–Crippen LogP) is 6.89. The molecule has 5 aromatic rings. The molecule has 39 heavy (non-hydrogen) atoms. The second kappa shape index (κ2) is 9.83. The van der Waals surface area contributed by atoms with Crippen LogP contribution in [0.2, 0.25) is 0 Å². The van der Waals surface area contributed by atoms with Gasteiger partial charge < -0.3 is 15.3 Å². The Hall–Kier alpha value is -4.78. The van der Waals surface area contributed by atoms with Crippen molar-refractivity contribution in [1.29, 1.82) is 0 Å². The molecule has 2 atom stereocenters. The number of carbonyl (C=O) groups is 2. The summed E-state index contributed by atoms with van der Waals surface area (Å²) < 4.78 is 19.9. The Morgan fingerprint density at radius 1 is 0.949 bits per heavy atom. The van der Waals surface area contributed by atoms with Crippen LogP contribution < -0.4 is 5.73 Å². The first-order valence-electron chi connectivity index (χ1n) is 12.8. The van der Waals surface area contributed by atoms with Crippen LogP contribution in [0.15, 0.2) is 89.5 Å². The molecule has 1 aliphatic carbocycles. The van der Waals surface area contributed by atoms with E-state index in [4.69, 9.17) is 10.2 Å². The van der Waals surface area contributed by atoms with Gasteiger partial charge in [0, 0.05) is 35.9 Å². The number of hydrogen-bond donors (Lipinski definition) is 2. The zero-order valence-corrected chi connectivity index (χ0v) is 20.9. The molecule has 0 aliphatic heterocycles. The Kier molecular flexibility index (Phi) is 6.19. The molecule has 6 rings (SSSR count). The van der Waals surface area contributed by atoms with Crippen molar-refractivity contribution in [3.8, 4) is 22.3 Å². The summed E-state index contributed by atoms with van der Waals surface area (Å²) >= 11 is 0. The maximum absolute atomic E-state index is 13.7. The fourth-order valence-corrected chi connectivity index (χ4v) is 5.13. The van der Waals surface area contributed by atoms with Crippen LogP contribution in [-0.4, -0.2) is 21.8 Å². The van der Waals surface area contributed by atoms with Gasteiger partial charge in [-0.3, -0.25) is 4.79 Å². The summed E-state index contributed by atoms with van der Waals surface area (Å²) in [7, 11) is 0. The molecule has 0 amide bonds. The first-order valence-corrected chi connectivity index (χ1v) is 12.8. The van der Waals surface area contributed by atoms with Crippen molar-refractivity contribution in [2.45, 2.75) is 25.2 Å². The molecule has 1 saturated carbocycles. The lowest BCUT2D eigenvalue weighted by Gasteiger charge is -2.08. The Morgan fingerprint density at radius 2 is 1.69 bits per heavy atom. The number of Topliss-reactive ketones (excluding diaryl/α,β-unsaturated/α-hetero) is 1. The number of rotatable bonds is 8. The first kappa shape index (κ1) is 24.6. The number of carboxylic acid groups (broad SMARTS) is 1. The third-order valence-corrected chi connectivity index (χ3v) is 7.35. The summed E-state index contributed by atoms with van der Waals surface area (Å²) in [6.07, 6.45) is 3.42. The number of benzene rings is 3.